The third-order valence-corrected chi connectivity index (χ3v) is 5.94. The molecule has 1 unspecified atom stereocenters. The number of likely N-dealkylation sites (N-methyl/N-ethyl adjacent to an activating group) is 2. The molecule has 168 valence electrons. The van der Waals surface area contributed by atoms with Gasteiger partial charge < -0.3 is 14.5 Å². The van der Waals surface area contributed by atoms with Gasteiger partial charge >= 0.3 is 0 Å². The molecule has 1 aliphatic heterocycles. The Bertz CT molecular complexity index is 819. The lowest BCUT2D eigenvalue weighted by Gasteiger charge is -2.36. The number of carbonyl (C=O) groups is 1. The predicted molar refractivity (Wildman–Crippen MR) is 125 cm³/mol. The summed E-state index contributed by atoms with van der Waals surface area (Å²) in [4.78, 5) is 23.5. The molecule has 6 nitrogen and oxygen atoms in total. The minimum Gasteiger partial charge on any atom is -0.490 e. The zero-order valence-electron chi connectivity index (χ0n) is 19.3. The number of likely N-dealkylation sites (tertiary alicyclic amines) is 1. The van der Waals surface area contributed by atoms with Gasteiger partial charge in [0.05, 0.1) is 0 Å². The smallest absolute Gasteiger partial charge is 0.253 e. The van der Waals surface area contributed by atoms with E-state index in [0.717, 1.165) is 50.3 Å². The van der Waals surface area contributed by atoms with E-state index in [0.29, 0.717) is 18.2 Å². The summed E-state index contributed by atoms with van der Waals surface area (Å²) in [7, 11) is 5.87. The molecule has 2 aromatic rings. The van der Waals surface area contributed by atoms with Gasteiger partial charge in [-0.15, -0.1) is 0 Å². The summed E-state index contributed by atoms with van der Waals surface area (Å²) in [5.74, 6) is 0.817. The molecule has 31 heavy (non-hydrogen) atoms. The van der Waals surface area contributed by atoms with E-state index in [2.05, 4.69) is 27.8 Å². The lowest BCUT2D eigenvalue weighted by molar-refractivity contribution is 0.0767. The standard InChI is InChI=1S/C25H36N4O2/c1-20(18-22-9-5-6-13-26-22)29-14-11-23(12-15-29)31-24-10-7-8-21(19-24)25(30)28(4)17-16-27(2)3/h5-10,13,19-20,23H,11-12,14-18H2,1-4H3. The maximum absolute atomic E-state index is 12.7. The van der Waals surface area contributed by atoms with Crippen molar-refractivity contribution in [3.05, 3.63) is 59.9 Å². The van der Waals surface area contributed by atoms with Gasteiger partial charge in [-0.05, 0) is 64.2 Å². The largest absolute Gasteiger partial charge is 0.490 e. The van der Waals surface area contributed by atoms with E-state index in [1.165, 1.54) is 0 Å². The average molecular weight is 425 g/mol. The zero-order chi connectivity index (χ0) is 22.2. The number of aromatic nitrogens is 1. The molecular formula is C25H36N4O2. The van der Waals surface area contributed by atoms with Crippen LogP contribution in [0.25, 0.3) is 0 Å². The number of ether oxygens (including phenoxy) is 1. The average Bonchev–Trinajstić information content (AvgIpc) is 2.78. The number of hydrogen-bond acceptors (Lipinski definition) is 5. The summed E-state index contributed by atoms with van der Waals surface area (Å²) in [6.45, 7) is 5.86. The summed E-state index contributed by atoms with van der Waals surface area (Å²) in [5, 5.41) is 0. The summed E-state index contributed by atoms with van der Waals surface area (Å²) in [6, 6.07) is 14.2. The molecule has 0 aliphatic carbocycles. The second-order valence-electron chi connectivity index (χ2n) is 8.79. The van der Waals surface area contributed by atoms with Crippen LogP contribution >= 0.6 is 0 Å². The molecule has 0 radical (unpaired) electrons. The number of carbonyl (C=O) groups excluding carboxylic acids is 1. The van der Waals surface area contributed by atoms with Gasteiger partial charge in [-0.3, -0.25) is 14.7 Å². The highest BCUT2D eigenvalue weighted by molar-refractivity contribution is 5.94. The minimum absolute atomic E-state index is 0.0328. The number of rotatable bonds is 9. The van der Waals surface area contributed by atoms with Gasteiger partial charge in [0.15, 0.2) is 0 Å². The fourth-order valence-corrected chi connectivity index (χ4v) is 3.95. The fourth-order valence-electron chi connectivity index (χ4n) is 3.95. The number of piperidine rings is 1. The summed E-state index contributed by atoms with van der Waals surface area (Å²) in [6.07, 6.45) is 5.01. The molecule has 1 atom stereocenters. The molecule has 6 heteroatoms. The Morgan fingerprint density at radius 3 is 2.58 bits per heavy atom. The van der Waals surface area contributed by atoms with Crippen LogP contribution in [-0.4, -0.2) is 85.1 Å². The van der Waals surface area contributed by atoms with E-state index < -0.39 is 0 Å². The number of benzene rings is 1. The number of pyridine rings is 1. The molecular weight excluding hydrogens is 388 g/mol. The van der Waals surface area contributed by atoms with E-state index in [-0.39, 0.29) is 12.0 Å². The van der Waals surface area contributed by atoms with Gasteiger partial charge in [0, 0.05) is 63.1 Å². The Morgan fingerprint density at radius 1 is 1.13 bits per heavy atom. The molecule has 1 aliphatic rings. The van der Waals surface area contributed by atoms with Crippen molar-refractivity contribution in [2.24, 2.45) is 0 Å². The molecule has 2 heterocycles. The van der Waals surface area contributed by atoms with Crippen LogP contribution in [0, 0.1) is 0 Å². The van der Waals surface area contributed by atoms with Crippen molar-refractivity contribution in [1.29, 1.82) is 0 Å². The maximum Gasteiger partial charge on any atom is 0.253 e. The second-order valence-corrected chi connectivity index (χ2v) is 8.79. The summed E-state index contributed by atoms with van der Waals surface area (Å²) < 4.78 is 6.25. The second kappa shape index (κ2) is 11.3. The number of hydrogen-bond donors (Lipinski definition) is 0. The van der Waals surface area contributed by atoms with Crippen molar-refractivity contribution in [2.75, 3.05) is 47.3 Å². The van der Waals surface area contributed by atoms with E-state index in [1.54, 1.807) is 4.90 Å². The zero-order valence-corrected chi connectivity index (χ0v) is 19.3. The van der Waals surface area contributed by atoms with Crippen LogP contribution < -0.4 is 4.74 Å². The van der Waals surface area contributed by atoms with Crippen molar-refractivity contribution in [1.82, 2.24) is 19.7 Å². The normalized spacial score (nSPS) is 16.3. The lowest BCUT2D eigenvalue weighted by Crippen LogP contribution is -2.43. The first-order valence-electron chi connectivity index (χ1n) is 11.2. The van der Waals surface area contributed by atoms with Crippen LogP contribution in [0.15, 0.2) is 48.7 Å². The third kappa shape index (κ3) is 7.04. The first-order chi connectivity index (χ1) is 14.9. The highest BCUT2D eigenvalue weighted by atomic mass is 16.5. The third-order valence-electron chi connectivity index (χ3n) is 5.94. The summed E-state index contributed by atoms with van der Waals surface area (Å²) in [5.41, 5.74) is 1.82. The van der Waals surface area contributed by atoms with Crippen LogP contribution in [0.3, 0.4) is 0 Å². The topological polar surface area (TPSA) is 48.9 Å². The minimum atomic E-state index is 0.0328. The molecule has 0 saturated carbocycles. The van der Waals surface area contributed by atoms with E-state index in [4.69, 9.17) is 4.74 Å². The van der Waals surface area contributed by atoms with Gasteiger partial charge in [0.1, 0.15) is 11.9 Å². The Labute approximate surface area is 186 Å². The van der Waals surface area contributed by atoms with Gasteiger partial charge in [-0.25, -0.2) is 0 Å². The van der Waals surface area contributed by atoms with Crippen LogP contribution in [0.5, 0.6) is 5.75 Å². The lowest BCUT2D eigenvalue weighted by atomic mass is 10.0. The van der Waals surface area contributed by atoms with Crippen molar-refractivity contribution < 1.29 is 9.53 Å². The molecule has 1 amide bonds. The Balaban J connectivity index is 1.49. The van der Waals surface area contributed by atoms with Crippen LogP contribution in [0.2, 0.25) is 0 Å². The SMILES string of the molecule is CC(Cc1ccccn1)N1CCC(Oc2cccc(C(=O)N(C)CCN(C)C)c2)CC1. The maximum atomic E-state index is 12.7. The Hall–Kier alpha value is -2.44. The molecule has 1 aromatic heterocycles. The molecule has 0 bridgehead atoms. The Morgan fingerprint density at radius 2 is 1.90 bits per heavy atom. The van der Waals surface area contributed by atoms with Crippen LogP contribution in [0.1, 0.15) is 35.8 Å². The van der Waals surface area contributed by atoms with E-state index in [1.807, 2.05) is 63.7 Å². The van der Waals surface area contributed by atoms with Crippen molar-refractivity contribution in [3.63, 3.8) is 0 Å². The number of amides is 1. The van der Waals surface area contributed by atoms with Gasteiger partial charge in [-0.2, -0.15) is 0 Å². The summed E-state index contributed by atoms with van der Waals surface area (Å²) >= 11 is 0. The van der Waals surface area contributed by atoms with E-state index in [9.17, 15) is 4.79 Å². The molecule has 1 fully saturated rings. The molecule has 0 spiro atoms. The predicted octanol–water partition coefficient (Wildman–Crippen LogP) is 3.19. The van der Waals surface area contributed by atoms with Crippen LogP contribution in [0.4, 0.5) is 0 Å². The van der Waals surface area contributed by atoms with Crippen molar-refractivity contribution >= 4 is 5.91 Å². The highest BCUT2D eigenvalue weighted by Gasteiger charge is 2.24. The molecule has 1 aromatic carbocycles. The van der Waals surface area contributed by atoms with Crippen LogP contribution in [-0.2, 0) is 6.42 Å². The molecule has 0 N–H and O–H groups in total. The van der Waals surface area contributed by atoms with Gasteiger partial charge in [-0.1, -0.05) is 12.1 Å². The molecule has 3 rings (SSSR count). The molecule has 1 saturated heterocycles. The quantitative estimate of drug-likeness (QED) is 0.619. The highest BCUT2D eigenvalue weighted by Crippen LogP contribution is 2.22. The van der Waals surface area contributed by atoms with Gasteiger partial charge in [0.2, 0.25) is 0 Å². The van der Waals surface area contributed by atoms with Crippen molar-refractivity contribution in [3.8, 4) is 5.75 Å². The first-order valence-corrected chi connectivity index (χ1v) is 11.2. The van der Waals surface area contributed by atoms with Gasteiger partial charge in [0.25, 0.3) is 5.91 Å². The Kier molecular flexibility index (Phi) is 8.43. The first kappa shape index (κ1) is 23.2. The fraction of sp³-hybridized carbons (Fsp3) is 0.520. The number of nitrogens with zero attached hydrogens (tertiary/aromatic N) is 4. The monoisotopic (exact) mass is 424 g/mol. The van der Waals surface area contributed by atoms with E-state index >= 15 is 0 Å². The van der Waals surface area contributed by atoms with Crippen molar-refractivity contribution in [2.45, 2.75) is 38.3 Å².